The van der Waals surface area contributed by atoms with Gasteiger partial charge in [-0.05, 0) is 41.8 Å². The van der Waals surface area contributed by atoms with Gasteiger partial charge in [-0.2, -0.15) is 0 Å². The fourth-order valence-electron chi connectivity index (χ4n) is 3.76. The van der Waals surface area contributed by atoms with Crippen LogP contribution in [0.5, 0.6) is 11.5 Å². The smallest absolute Gasteiger partial charge is 0.119 e. The fraction of sp³-hybridized carbons (Fsp3) is 0.586. The first-order chi connectivity index (χ1) is 16.7. The summed E-state index contributed by atoms with van der Waals surface area (Å²) < 4.78 is 16.8. The molecule has 2 aromatic carbocycles. The normalized spacial score (nSPS) is 12.0. The van der Waals surface area contributed by atoms with Crippen molar-refractivity contribution in [2.24, 2.45) is 0 Å². The van der Waals surface area contributed by atoms with Crippen molar-refractivity contribution in [1.82, 2.24) is 0 Å². The minimum absolute atomic E-state index is 0.109. The van der Waals surface area contributed by atoms with Gasteiger partial charge in [0.05, 0.1) is 26.4 Å². The van der Waals surface area contributed by atoms with Crippen molar-refractivity contribution < 1.29 is 24.4 Å². The van der Waals surface area contributed by atoms with Gasteiger partial charge in [-0.15, -0.1) is 0 Å². The molecule has 0 radical (unpaired) electrons. The lowest BCUT2D eigenvalue weighted by Gasteiger charge is -2.10. The Hall–Kier alpha value is -2.08. The van der Waals surface area contributed by atoms with Crippen molar-refractivity contribution in [3.05, 3.63) is 48.5 Å². The molecule has 0 amide bonds. The van der Waals surface area contributed by atoms with E-state index in [9.17, 15) is 5.11 Å². The van der Waals surface area contributed by atoms with Crippen LogP contribution in [0.2, 0.25) is 0 Å². The maximum absolute atomic E-state index is 9.22. The molecule has 0 aliphatic rings. The van der Waals surface area contributed by atoms with Crippen LogP contribution in [0.4, 0.5) is 0 Å². The highest BCUT2D eigenvalue weighted by molar-refractivity contribution is 5.64. The Balaban J connectivity index is 1.57. The third kappa shape index (κ3) is 12.4. The molecule has 190 valence electrons. The Kier molecular flexibility index (Phi) is 15.1. The maximum Gasteiger partial charge on any atom is 0.119 e. The van der Waals surface area contributed by atoms with Gasteiger partial charge in [0.15, 0.2) is 0 Å². The van der Waals surface area contributed by atoms with E-state index in [1.807, 2.05) is 36.4 Å². The summed E-state index contributed by atoms with van der Waals surface area (Å²) in [5, 5.41) is 18.0. The van der Waals surface area contributed by atoms with E-state index in [-0.39, 0.29) is 13.2 Å². The first-order valence-corrected chi connectivity index (χ1v) is 13.1. The minimum Gasteiger partial charge on any atom is -0.494 e. The molecular formula is C29H44O5. The molecule has 34 heavy (non-hydrogen) atoms. The molecule has 5 heteroatoms. The summed E-state index contributed by atoms with van der Waals surface area (Å²) in [6, 6.07) is 16.2. The zero-order valence-electron chi connectivity index (χ0n) is 20.9. The van der Waals surface area contributed by atoms with Crippen molar-refractivity contribution in [2.45, 2.75) is 77.2 Å². The summed E-state index contributed by atoms with van der Waals surface area (Å²) in [5.74, 6) is 1.69. The molecule has 5 nitrogen and oxygen atoms in total. The number of aliphatic hydroxyl groups excluding tert-OH is 2. The lowest BCUT2D eigenvalue weighted by atomic mass is 10.1. The summed E-state index contributed by atoms with van der Waals surface area (Å²) in [6.45, 7) is 3.61. The Labute approximate surface area is 206 Å². The van der Waals surface area contributed by atoms with Crippen LogP contribution in [-0.2, 0) is 4.74 Å². The van der Waals surface area contributed by atoms with E-state index in [1.165, 1.54) is 57.8 Å². The van der Waals surface area contributed by atoms with Crippen LogP contribution in [0.25, 0.3) is 11.1 Å². The molecule has 0 saturated carbocycles. The van der Waals surface area contributed by atoms with E-state index >= 15 is 0 Å². The Bertz CT molecular complexity index is 729. The van der Waals surface area contributed by atoms with Gasteiger partial charge in [-0.3, -0.25) is 0 Å². The van der Waals surface area contributed by atoms with E-state index in [0.29, 0.717) is 13.2 Å². The predicted octanol–water partition coefficient (Wildman–Crippen LogP) is 6.40. The van der Waals surface area contributed by atoms with Crippen LogP contribution in [-0.4, -0.2) is 49.4 Å². The lowest BCUT2D eigenvalue weighted by molar-refractivity contribution is -0.00138. The van der Waals surface area contributed by atoms with Crippen LogP contribution in [0.15, 0.2) is 48.5 Å². The van der Waals surface area contributed by atoms with Crippen molar-refractivity contribution in [3.8, 4) is 22.6 Å². The van der Waals surface area contributed by atoms with Crippen LogP contribution in [0.1, 0.15) is 71.1 Å². The second-order valence-electron chi connectivity index (χ2n) is 8.84. The molecule has 0 aromatic heterocycles. The van der Waals surface area contributed by atoms with Gasteiger partial charge < -0.3 is 24.4 Å². The monoisotopic (exact) mass is 472 g/mol. The van der Waals surface area contributed by atoms with Gasteiger partial charge in [0.1, 0.15) is 24.2 Å². The number of ether oxygens (including phenoxy) is 3. The third-order valence-electron chi connectivity index (χ3n) is 5.83. The summed E-state index contributed by atoms with van der Waals surface area (Å²) in [5.41, 5.74) is 2.26. The number of benzene rings is 2. The number of aliphatic hydroxyl groups is 2. The highest BCUT2D eigenvalue weighted by Crippen LogP contribution is 2.25. The van der Waals surface area contributed by atoms with Gasteiger partial charge in [-0.25, -0.2) is 0 Å². The Morgan fingerprint density at radius 2 is 1.09 bits per heavy atom. The molecular weight excluding hydrogens is 428 g/mol. The molecule has 0 aliphatic heterocycles. The largest absolute Gasteiger partial charge is 0.494 e. The first-order valence-electron chi connectivity index (χ1n) is 13.1. The van der Waals surface area contributed by atoms with Crippen LogP contribution < -0.4 is 9.47 Å². The van der Waals surface area contributed by atoms with E-state index in [4.69, 9.17) is 19.3 Å². The summed E-state index contributed by atoms with van der Waals surface area (Å²) in [7, 11) is 0. The molecule has 2 aromatic rings. The second kappa shape index (κ2) is 18.3. The number of rotatable bonds is 20. The molecule has 0 bridgehead atoms. The topological polar surface area (TPSA) is 68.2 Å². The van der Waals surface area contributed by atoms with Crippen molar-refractivity contribution in [2.75, 3.05) is 33.0 Å². The summed E-state index contributed by atoms with van der Waals surface area (Å²) >= 11 is 0. The number of hydrogen-bond acceptors (Lipinski definition) is 5. The maximum atomic E-state index is 9.22. The predicted molar refractivity (Wildman–Crippen MR) is 139 cm³/mol. The molecule has 0 spiro atoms. The number of hydrogen-bond donors (Lipinski definition) is 2. The minimum atomic E-state index is -0.837. The average Bonchev–Trinajstić information content (AvgIpc) is 2.87. The highest BCUT2D eigenvalue weighted by Gasteiger charge is 2.03. The summed E-state index contributed by atoms with van der Waals surface area (Å²) in [6.07, 6.45) is 12.5. The standard InChI is InChI=1S/C29H44O5/c1-2-3-4-5-6-7-8-9-10-11-20-33-28-16-12-25(13-17-28)26-14-18-29(19-15-26)34-22-21-32-24-27(31)23-30/h12-19,27,30-31H,2-11,20-24H2,1H3. The SMILES string of the molecule is CCCCCCCCCCCCOc1ccc(-c2ccc(OCCOCC(O)CO)cc2)cc1. The van der Waals surface area contributed by atoms with Gasteiger partial charge in [0, 0.05) is 0 Å². The van der Waals surface area contributed by atoms with E-state index in [0.717, 1.165) is 35.7 Å². The molecule has 0 fully saturated rings. The quantitative estimate of drug-likeness (QED) is 0.218. The zero-order chi connectivity index (χ0) is 24.3. The van der Waals surface area contributed by atoms with Gasteiger partial charge in [0.2, 0.25) is 0 Å². The van der Waals surface area contributed by atoms with Crippen molar-refractivity contribution in [3.63, 3.8) is 0 Å². The zero-order valence-corrected chi connectivity index (χ0v) is 20.9. The van der Waals surface area contributed by atoms with E-state index in [2.05, 4.69) is 19.1 Å². The van der Waals surface area contributed by atoms with Gasteiger partial charge in [0.25, 0.3) is 0 Å². The Morgan fingerprint density at radius 1 is 0.618 bits per heavy atom. The van der Waals surface area contributed by atoms with Crippen LogP contribution in [0.3, 0.4) is 0 Å². The fourth-order valence-corrected chi connectivity index (χ4v) is 3.76. The molecule has 2 N–H and O–H groups in total. The van der Waals surface area contributed by atoms with Crippen LogP contribution in [0, 0.1) is 0 Å². The second-order valence-corrected chi connectivity index (χ2v) is 8.84. The summed E-state index contributed by atoms with van der Waals surface area (Å²) in [4.78, 5) is 0. The van der Waals surface area contributed by atoms with Crippen molar-refractivity contribution >= 4 is 0 Å². The first kappa shape index (κ1) is 28.2. The third-order valence-corrected chi connectivity index (χ3v) is 5.83. The number of unbranched alkanes of at least 4 members (excludes halogenated alkanes) is 9. The molecule has 2 rings (SSSR count). The van der Waals surface area contributed by atoms with Crippen molar-refractivity contribution in [1.29, 1.82) is 0 Å². The van der Waals surface area contributed by atoms with Gasteiger partial charge >= 0.3 is 0 Å². The van der Waals surface area contributed by atoms with Gasteiger partial charge in [-0.1, -0.05) is 89.0 Å². The highest BCUT2D eigenvalue weighted by atomic mass is 16.5. The molecule has 0 saturated heterocycles. The molecule has 0 aliphatic carbocycles. The lowest BCUT2D eigenvalue weighted by Crippen LogP contribution is -2.21. The average molecular weight is 473 g/mol. The van der Waals surface area contributed by atoms with E-state index in [1.54, 1.807) is 0 Å². The van der Waals surface area contributed by atoms with Crippen LogP contribution >= 0.6 is 0 Å². The Morgan fingerprint density at radius 3 is 1.59 bits per heavy atom. The molecule has 1 atom stereocenters. The molecule has 1 unspecified atom stereocenters. The molecule has 0 heterocycles. The van der Waals surface area contributed by atoms with E-state index < -0.39 is 6.10 Å².